The van der Waals surface area contributed by atoms with Crippen molar-refractivity contribution in [2.45, 2.75) is 6.54 Å². The molecule has 0 unspecified atom stereocenters. The van der Waals surface area contributed by atoms with Crippen molar-refractivity contribution >= 4 is 49.3 Å². The predicted octanol–water partition coefficient (Wildman–Crippen LogP) is 10.2. The molecule has 10 rings (SSSR count). The molecule has 4 heterocycles. The van der Waals surface area contributed by atoms with Crippen LogP contribution in [0.2, 0.25) is 0 Å². The first kappa shape index (κ1) is 26.7. The molecule has 0 spiro atoms. The van der Waals surface area contributed by atoms with Crippen molar-refractivity contribution in [2.24, 2.45) is 0 Å². The second kappa shape index (κ2) is 10.5. The van der Waals surface area contributed by atoms with Crippen LogP contribution in [-0.4, -0.2) is 15.0 Å². The Bertz CT molecular complexity index is 2740. The van der Waals surface area contributed by atoms with Crippen LogP contribution in [0.25, 0.3) is 83.2 Å². The highest BCUT2D eigenvalue weighted by Gasteiger charge is 2.27. The molecule has 0 radical (unpaired) electrons. The number of nitrogens with zero attached hydrogens (tertiary/aromatic N) is 3. The highest BCUT2D eigenvalue weighted by Crippen LogP contribution is 2.42. The Morgan fingerprint density at radius 1 is 0.500 bits per heavy atom. The van der Waals surface area contributed by atoms with Crippen molar-refractivity contribution in [2.75, 3.05) is 0 Å². The van der Waals surface area contributed by atoms with Crippen LogP contribution in [0, 0.1) is 0 Å². The molecule has 0 saturated heterocycles. The van der Waals surface area contributed by atoms with Gasteiger partial charge in [-0.15, -0.1) is 0 Å². The highest BCUT2D eigenvalue weighted by atomic mass is 16.3. The average Bonchev–Trinajstić information content (AvgIpc) is 3.73. The molecule has 1 aliphatic rings. The first-order valence-electron chi connectivity index (χ1n) is 16.0. The second-order valence-electron chi connectivity index (χ2n) is 12.0. The lowest BCUT2D eigenvalue weighted by atomic mass is 9.96. The van der Waals surface area contributed by atoms with Gasteiger partial charge in [0.05, 0.1) is 12.1 Å². The lowest BCUT2D eigenvalue weighted by Crippen LogP contribution is -2.14. The number of hydrogen-bond acceptors (Lipinski definition) is 6. The van der Waals surface area contributed by atoms with Crippen molar-refractivity contribution in [3.05, 3.63) is 157 Å². The van der Waals surface area contributed by atoms with E-state index in [4.69, 9.17) is 23.8 Å². The van der Waals surface area contributed by atoms with Crippen LogP contribution in [0.1, 0.15) is 17.1 Å². The van der Waals surface area contributed by atoms with Gasteiger partial charge in [0.25, 0.3) is 0 Å². The molecule has 0 atom stereocenters. The van der Waals surface area contributed by atoms with Gasteiger partial charge < -0.3 is 14.2 Å². The zero-order valence-corrected chi connectivity index (χ0v) is 25.6. The molecule has 226 valence electrons. The fourth-order valence-corrected chi connectivity index (χ4v) is 6.92. The van der Waals surface area contributed by atoms with Crippen LogP contribution in [0.5, 0.6) is 0 Å². The number of furan rings is 2. The van der Waals surface area contributed by atoms with Gasteiger partial charge in [0.15, 0.2) is 17.5 Å². The summed E-state index contributed by atoms with van der Waals surface area (Å²) in [5, 5.41) is 8.92. The third-order valence-corrected chi connectivity index (χ3v) is 9.18. The first-order chi connectivity index (χ1) is 23.8. The lowest BCUT2D eigenvalue weighted by Gasteiger charge is -2.15. The summed E-state index contributed by atoms with van der Waals surface area (Å²) in [6.07, 6.45) is 2.00. The molecule has 0 amide bonds. The molecule has 6 aromatic carbocycles. The van der Waals surface area contributed by atoms with Crippen molar-refractivity contribution in [3.63, 3.8) is 0 Å². The summed E-state index contributed by atoms with van der Waals surface area (Å²) < 4.78 is 13.1. The van der Waals surface area contributed by atoms with Gasteiger partial charge in [0.1, 0.15) is 22.5 Å². The van der Waals surface area contributed by atoms with Gasteiger partial charge in [-0.1, -0.05) is 115 Å². The zero-order chi connectivity index (χ0) is 31.6. The molecule has 9 aromatic rings. The first-order valence-corrected chi connectivity index (χ1v) is 16.0. The summed E-state index contributed by atoms with van der Waals surface area (Å²) in [5.41, 5.74) is 8.13. The maximum absolute atomic E-state index is 6.67. The number of rotatable bonds is 4. The topological polar surface area (TPSA) is 77.0 Å². The second-order valence-corrected chi connectivity index (χ2v) is 12.0. The van der Waals surface area contributed by atoms with E-state index in [1.807, 2.05) is 66.9 Å². The van der Waals surface area contributed by atoms with Crippen LogP contribution >= 0.6 is 0 Å². The van der Waals surface area contributed by atoms with E-state index in [1.54, 1.807) is 0 Å². The van der Waals surface area contributed by atoms with Gasteiger partial charge in [0.2, 0.25) is 0 Å². The van der Waals surface area contributed by atoms with E-state index in [2.05, 4.69) is 78.1 Å². The Morgan fingerprint density at radius 3 is 2.12 bits per heavy atom. The average molecular weight is 619 g/mol. The van der Waals surface area contributed by atoms with Gasteiger partial charge in [-0.2, -0.15) is 0 Å². The molecule has 0 fully saturated rings. The molecule has 0 aliphatic carbocycles. The summed E-state index contributed by atoms with van der Waals surface area (Å²) >= 11 is 0. The lowest BCUT2D eigenvalue weighted by molar-refractivity contribution is 0.532. The van der Waals surface area contributed by atoms with E-state index in [0.29, 0.717) is 24.0 Å². The molecule has 1 aliphatic heterocycles. The van der Waals surface area contributed by atoms with Gasteiger partial charge in [-0.25, -0.2) is 15.0 Å². The largest absolute Gasteiger partial charge is 0.458 e. The van der Waals surface area contributed by atoms with E-state index >= 15 is 0 Å². The standard InChI is InChI=1S/C42H26N4O2/c1-2-11-26(12-3-1)40-44-41(33-18-9-16-31-30-14-6-7-19-35(30)47-39(31)33)46-42(45-40)34-23-43-24-36-37(34)32-17-8-15-29(38(32)48-36)28-21-20-25-10-4-5-13-27(25)22-28/h1-23,43H,24H2. The number of hydrogen-bond donors (Lipinski definition) is 1. The molecule has 0 saturated carbocycles. The summed E-state index contributed by atoms with van der Waals surface area (Å²) in [4.78, 5) is 15.2. The highest BCUT2D eigenvalue weighted by molar-refractivity contribution is 6.09. The van der Waals surface area contributed by atoms with Crippen molar-refractivity contribution in [1.29, 1.82) is 0 Å². The zero-order valence-electron chi connectivity index (χ0n) is 25.6. The Labute approximate surface area is 275 Å². The van der Waals surface area contributed by atoms with Crippen LogP contribution in [0.4, 0.5) is 0 Å². The third-order valence-electron chi connectivity index (χ3n) is 9.18. The van der Waals surface area contributed by atoms with Gasteiger partial charge in [0, 0.05) is 44.6 Å². The molecular weight excluding hydrogens is 592 g/mol. The van der Waals surface area contributed by atoms with Crippen molar-refractivity contribution in [3.8, 4) is 33.9 Å². The Kier molecular flexibility index (Phi) is 5.84. The molecule has 48 heavy (non-hydrogen) atoms. The molecule has 6 heteroatoms. The van der Waals surface area contributed by atoms with Crippen LogP contribution < -0.4 is 5.32 Å². The van der Waals surface area contributed by atoms with E-state index < -0.39 is 0 Å². The third kappa shape index (κ3) is 4.16. The van der Waals surface area contributed by atoms with Gasteiger partial charge in [-0.05, 0) is 34.5 Å². The molecule has 6 nitrogen and oxygen atoms in total. The number of para-hydroxylation sites is 3. The predicted molar refractivity (Wildman–Crippen MR) is 191 cm³/mol. The van der Waals surface area contributed by atoms with Gasteiger partial charge >= 0.3 is 0 Å². The summed E-state index contributed by atoms with van der Waals surface area (Å²) in [7, 11) is 0. The minimum absolute atomic E-state index is 0.543. The smallest absolute Gasteiger partial charge is 0.167 e. The van der Waals surface area contributed by atoms with Crippen LogP contribution in [0.3, 0.4) is 0 Å². The van der Waals surface area contributed by atoms with E-state index in [0.717, 1.165) is 72.1 Å². The molecule has 3 aromatic heterocycles. The summed E-state index contributed by atoms with van der Waals surface area (Å²) in [6, 6.07) is 45.5. The Hall–Kier alpha value is -6.53. The molecule has 0 bridgehead atoms. The van der Waals surface area contributed by atoms with Crippen LogP contribution in [-0.2, 0) is 6.54 Å². The number of fused-ring (bicyclic) bond motifs is 7. The monoisotopic (exact) mass is 618 g/mol. The summed E-state index contributed by atoms with van der Waals surface area (Å²) in [5.74, 6) is 2.53. The maximum Gasteiger partial charge on any atom is 0.167 e. The number of nitrogens with one attached hydrogen (secondary N) is 1. The summed E-state index contributed by atoms with van der Waals surface area (Å²) in [6.45, 7) is 0.562. The number of benzene rings is 6. The fourth-order valence-electron chi connectivity index (χ4n) is 6.92. The van der Waals surface area contributed by atoms with Gasteiger partial charge in [-0.3, -0.25) is 0 Å². The fraction of sp³-hybridized carbons (Fsp3) is 0.0238. The normalized spacial score (nSPS) is 12.8. The Balaban J connectivity index is 1.18. The van der Waals surface area contributed by atoms with E-state index in [1.165, 1.54) is 10.8 Å². The van der Waals surface area contributed by atoms with Crippen LogP contribution in [0.15, 0.2) is 148 Å². The number of aromatic nitrogens is 3. The minimum atomic E-state index is 0.543. The molecular formula is C42H26N4O2. The Morgan fingerprint density at radius 2 is 1.21 bits per heavy atom. The van der Waals surface area contributed by atoms with Crippen molar-refractivity contribution in [1.82, 2.24) is 20.3 Å². The van der Waals surface area contributed by atoms with Crippen molar-refractivity contribution < 1.29 is 8.83 Å². The van der Waals surface area contributed by atoms with E-state index in [-0.39, 0.29) is 0 Å². The SMILES string of the molecule is C1=C(c2nc(-c3ccccc3)nc(-c3cccc4c3oc3ccccc34)n2)c2c(oc3c(-c4ccc5ccccc5c4)cccc23)CN1. The van der Waals surface area contributed by atoms with E-state index in [9.17, 15) is 0 Å². The minimum Gasteiger partial charge on any atom is -0.458 e. The molecule has 1 N–H and O–H groups in total. The quantitative estimate of drug-likeness (QED) is 0.212. The maximum atomic E-state index is 6.67.